The Morgan fingerprint density at radius 1 is 0.209 bits per heavy atom. The molecule has 0 aliphatic carbocycles. The average Bonchev–Trinajstić information content (AvgIpc) is 1.20. The average molecular weight is 1210 g/mol. The van der Waals surface area contributed by atoms with Crippen LogP contribution in [0.1, 0.15) is 0 Å². The Morgan fingerprint density at radius 2 is 0.495 bits per heavy atom. The van der Waals surface area contributed by atoms with Crippen molar-refractivity contribution in [2.75, 3.05) is 9.80 Å². The van der Waals surface area contributed by atoms with Crippen molar-refractivity contribution in [3.63, 3.8) is 0 Å². The van der Waals surface area contributed by atoms with Crippen LogP contribution >= 0.6 is 11.3 Å². The standard InChI is InChI=1S/C84H56N4SSi2/c1-5-25-61(26-6-1)90(62-27-7-2-8-28-62)81-43-23-21-41-75(81)87(77-49-45-59(55-83(77)90)85-71-37-17-13-33-65(71)66-34-14-18-38-72(66)85)57-47-51-79-69(53-57)70-54-58(48-52-80(70)89-79)88-76-42-22-24-44-82(76)91(63-29-9-3-10-30-63,64-31-11-4-12-32-64)84-56-60(46-50-78(84)88)86-73-39-19-15-35-67(73)68-36-16-20-40-74(68)86/h1-56H. The number of benzene rings is 14. The second-order valence-corrected chi connectivity index (χ2v) is 32.8. The Bertz CT molecular complexity index is 5220. The molecule has 0 spiro atoms. The molecule has 17 aromatic rings. The lowest BCUT2D eigenvalue weighted by molar-refractivity contribution is 1.18. The number of fused-ring (bicyclic) bond motifs is 13. The number of hydrogen-bond donors (Lipinski definition) is 0. The Hall–Kier alpha value is -11.1. The summed E-state index contributed by atoms with van der Waals surface area (Å²) in [7, 11) is -6.11. The summed E-state index contributed by atoms with van der Waals surface area (Å²) in [6.45, 7) is 0. The molecule has 19 rings (SSSR count). The van der Waals surface area contributed by atoms with Gasteiger partial charge in [-0.1, -0.05) is 231 Å². The monoisotopic (exact) mass is 1210 g/mol. The van der Waals surface area contributed by atoms with Crippen LogP contribution in [0.4, 0.5) is 34.1 Å². The molecule has 0 bridgehead atoms. The van der Waals surface area contributed by atoms with Gasteiger partial charge in [-0.2, -0.15) is 0 Å². The second-order valence-electron chi connectivity index (χ2n) is 24.3. The maximum absolute atomic E-state index is 3.05. The molecule has 5 heterocycles. The van der Waals surface area contributed by atoms with Crippen LogP contribution in [-0.4, -0.2) is 25.3 Å². The van der Waals surface area contributed by atoms with Crippen molar-refractivity contribution < 1.29 is 0 Å². The molecule has 0 fully saturated rings. The van der Waals surface area contributed by atoms with Gasteiger partial charge in [-0.15, -0.1) is 11.3 Å². The number of anilines is 6. The predicted molar refractivity (Wildman–Crippen MR) is 392 cm³/mol. The van der Waals surface area contributed by atoms with Gasteiger partial charge >= 0.3 is 0 Å². The van der Waals surface area contributed by atoms with Crippen LogP contribution in [0.25, 0.3) is 75.2 Å². The molecule has 4 nitrogen and oxygen atoms in total. The highest BCUT2D eigenvalue weighted by Crippen LogP contribution is 2.47. The number of para-hydroxylation sites is 6. The first-order valence-corrected chi connectivity index (χ1v) is 36.2. The minimum atomic E-state index is -3.05. The molecule has 0 amide bonds. The second kappa shape index (κ2) is 20.2. The van der Waals surface area contributed by atoms with Crippen LogP contribution in [-0.2, 0) is 0 Å². The number of thiophene rings is 1. The largest absolute Gasteiger partial charge is 0.311 e. The van der Waals surface area contributed by atoms with E-state index in [4.69, 9.17) is 0 Å². The topological polar surface area (TPSA) is 16.3 Å². The van der Waals surface area contributed by atoms with Gasteiger partial charge in [0, 0.05) is 87.2 Å². The van der Waals surface area contributed by atoms with Crippen LogP contribution in [0.15, 0.2) is 340 Å². The quantitative estimate of drug-likeness (QED) is 0.141. The van der Waals surface area contributed by atoms with Gasteiger partial charge in [0.1, 0.15) is 0 Å². The molecule has 0 unspecified atom stereocenters. The van der Waals surface area contributed by atoms with Crippen LogP contribution in [0.2, 0.25) is 0 Å². The van der Waals surface area contributed by atoms with Crippen molar-refractivity contribution in [3.8, 4) is 11.4 Å². The van der Waals surface area contributed by atoms with E-state index in [9.17, 15) is 0 Å². The van der Waals surface area contributed by atoms with E-state index in [-0.39, 0.29) is 0 Å². The minimum absolute atomic E-state index is 1.13. The molecule has 0 N–H and O–H groups in total. The highest BCUT2D eigenvalue weighted by molar-refractivity contribution is 7.26. The van der Waals surface area contributed by atoms with E-state index in [1.807, 2.05) is 11.3 Å². The summed E-state index contributed by atoms with van der Waals surface area (Å²) in [6, 6.07) is 129. The van der Waals surface area contributed by atoms with Gasteiger partial charge in [0.05, 0.1) is 22.1 Å². The van der Waals surface area contributed by atoms with E-state index >= 15 is 0 Å². The molecule has 0 saturated carbocycles. The van der Waals surface area contributed by atoms with Gasteiger partial charge in [0.15, 0.2) is 16.1 Å². The van der Waals surface area contributed by atoms with E-state index in [0.717, 1.165) is 22.7 Å². The summed E-state index contributed by atoms with van der Waals surface area (Å²) in [5.74, 6) is 0. The normalized spacial score (nSPS) is 13.8. The van der Waals surface area contributed by atoms with E-state index in [1.165, 1.54) is 128 Å². The lowest BCUT2D eigenvalue weighted by atomic mass is 10.1. The summed E-state index contributed by atoms with van der Waals surface area (Å²) in [5, 5.41) is 18.4. The van der Waals surface area contributed by atoms with Gasteiger partial charge in [-0.05, 0) is 151 Å². The SMILES string of the molecule is c1ccc([Si]2(c3ccccc3)c3ccccc3N(c3ccc4sc5ccc(N6c7ccccc7[Si](c7ccccc7)(c7ccccc7)c7cc(-n8c9ccccc9c9ccccc98)ccc76)cc5c4c3)c3ccc(-n4c5ccccc5c5ccccc54)cc32)cc1. The van der Waals surface area contributed by atoms with E-state index in [0.29, 0.717) is 0 Å². The van der Waals surface area contributed by atoms with Gasteiger partial charge in [-0.25, -0.2) is 0 Å². The van der Waals surface area contributed by atoms with Crippen LogP contribution in [0.5, 0.6) is 0 Å². The van der Waals surface area contributed by atoms with Crippen LogP contribution < -0.4 is 51.3 Å². The zero-order valence-corrected chi connectivity index (χ0v) is 52.3. The fourth-order valence-electron chi connectivity index (χ4n) is 16.2. The molecule has 426 valence electrons. The molecule has 0 radical (unpaired) electrons. The molecule has 0 saturated heterocycles. The highest BCUT2D eigenvalue weighted by Gasteiger charge is 2.51. The van der Waals surface area contributed by atoms with Crippen molar-refractivity contribution >= 4 is 167 Å². The zero-order chi connectivity index (χ0) is 59.8. The Labute approximate surface area is 533 Å². The number of aromatic nitrogens is 2. The third-order valence-electron chi connectivity index (χ3n) is 19.8. The number of hydrogen-bond acceptors (Lipinski definition) is 3. The summed E-state index contributed by atoms with van der Waals surface area (Å²) >= 11 is 1.88. The number of nitrogens with zero attached hydrogens (tertiary/aromatic N) is 4. The van der Waals surface area contributed by atoms with Gasteiger partial charge < -0.3 is 18.9 Å². The zero-order valence-electron chi connectivity index (χ0n) is 49.5. The predicted octanol–water partition coefficient (Wildman–Crippen LogP) is 16.6. The molecule has 7 heteroatoms. The fraction of sp³-hybridized carbons (Fsp3) is 0. The maximum atomic E-state index is 2.58. The third kappa shape index (κ3) is 7.42. The molecule has 14 aromatic carbocycles. The van der Waals surface area contributed by atoms with Crippen LogP contribution in [0.3, 0.4) is 0 Å². The van der Waals surface area contributed by atoms with Gasteiger partial charge in [0.25, 0.3) is 0 Å². The van der Waals surface area contributed by atoms with Crippen molar-refractivity contribution in [1.82, 2.24) is 9.13 Å². The minimum Gasteiger partial charge on any atom is -0.311 e. The van der Waals surface area contributed by atoms with Crippen molar-refractivity contribution in [2.45, 2.75) is 0 Å². The molecule has 2 aliphatic heterocycles. The first kappa shape index (κ1) is 51.9. The first-order valence-electron chi connectivity index (χ1n) is 31.4. The summed E-state index contributed by atoms with van der Waals surface area (Å²) < 4.78 is 7.49. The third-order valence-corrected chi connectivity index (χ3v) is 30.6. The number of rotatable bonds is 8. The molecule has 0 atom stereocenters. The van der Waals surface area contributed by atoms with E-state index in [2.05, 4.69) is 359 Å². The van der Waals surface area contributed by atoms with Gasteiger partial charge in [0.2, 0.25) is 0 Å². The summed E-state index contributed by atoms with van der Waals surface area (Å²) in [5.41, 5.74) is 14.2. The van der Waals surface area contributed by atoms with Crippen molar-refractivity contribution in [3.05, 3.63) is 340 Å². The summed E-state index contributed by atoms with van der Waals surface area (Å²) in [4.78, 5) is 5.15. The Balaban J connectivity index is 0.835. The van der Waals surface area contributed by atoms with Crippen LogP contribution in [0, 0.1) is 0 Å². The maximum Gasteiger partial charge on any atom is 0.184 e. The molecular formula is C84H56N4SSi2. The summed E-state index contributed by atoms with van der Waals surface area (Å²) in [6.07, 6.45) is 0. The van der Waals surface area contributed by atoms with Crippen molar-refractivity contribution in [1.29, 1.82) is 0 Å². The highest BCUT2D eigenvalue weighted by atomic mass is 32.1. The smallest absolute Gasteiger partial charge is 0.184 e. The molecule has 3 aromatic heterocycles. The van der Waals surface area contributed by atoms with Gasteiger partial charge in [-0.3, -0.25) is 0 Å². The van der Waals surface area contributed by atoms with Crippen molar-refractivity contribution in [2.24, 2.45) is 0 Å². The molecule has 2 aliphatic rings. The fourth-order valence-corrected chi connectivity index (χ4v) is 27.5. The lowest BCUT2D eigenvalue weighted by Gasteiger charge is -2.45. The molecular weight excluding hydrogens is 1150 g/mol. The Morgan fingerprint density at radius 3 is 0.846 bits per heavy atom. The van der Waals surface area contributed by atoms with E-state index < -0.39 is 16.1 Å². The molecule has 91 heavy (non-hydrogen) atoms. The Kier molecular flexibility index (Phi) is 11.5. The first-order chi connectivity index (χ1) is 45.2. The van der Waals surface area contributed by atoms with E-state index in [1.54, 1.807) is 0 Å². The lowest BCUT2D eigenvalue weighted by Crippen LogP contribution is -2.77.